The van der Waals surface area contributed by atoms with Crippen LogP contribution < -0.4 is 19.3 Å². The number of likely N-dealkylation sites (tertiary alicyclic amines) is 1. The Kier molecular flexibility index (Phi) is 6.72. The summed E-state index contributed by atoms with van der Waals surface area (Å²) in [6, 6.07) is 24.4. The SMILES string of the molecule is COc1ccc(NC(=O)C2([Se]c3ccccc3)CC(c3ccc(OC)cc3)N(C)C2=O)cc1. The van der Waals surface area contributed by atoms with E-state index in [4.69, 9.17) is 9.47 Å². The van der Waals surface area contributed by atoms with Crippen molar-refractivity contribution >= 4 is 36.9 Å². The van der Waals surface area contributed by atoms with Crippen molar-refractivity contribution in [1.82, 2.24) is 4.90 Å². The van der Waals surface area contributed by atoms with Crippen LogP contribution >= 0.6 is 0 Å². The van der Waals surface area contributed by atoms with E-state index in [0.717, 1.165) is 15.8 Å². The summed E-state index contributed by atoms with van der Waals surface area (Å²) in [6.07, 6.45) is 0.408. The normalized spacial score (nSPS) is 19.9. The summed E-state index contributed by atoms with van der Waals surface area (Å²) in [4.78, 5) is 29.1. The van der Waals surface area contributed by atoms with Crippen LogP contribution in [0.15, 0.2) is 78.9 Å². The molecule has 1 aliphatic rings. The number of amides is 2. The van der Waals surface area contributed by atoms with Crippen molar-refractivity contribution in [2.45, 2.75) is 16.8 Å². The van der Waals surface area contributed by atoms with Crippen LogP contribution in [0, 0.1) is 0 Å². The van der Waals surface area contributed by atoms with Crippen molar-refractivity contribution in [2.24, 2.45) is 0 Å². The first kappa shape index (κ1) is 22.9. The molecule has 1 aliphatic heterocycles. The number of hydrogen-bond acceptors (Lipinski definition) is 4. The van der Waals surface area contributed by atoms with Gasteiger partial charge in [0.2, 0.25) is 0 Å². The third-order valence-corrected chi connectivity index (χ3v) is 8.77. The first-order valence-corrected chi connectivity index (χ1v) is 12.3. The van der Waals surface area contributed by atoms with Crippen LogP contribution in [0.1, 0.15) is 18.0 Å². The summed E-state index contributed by atoms with van der Waals surface area (Å²) in [6.45, 7) is 0. The Bertz CT molecular complexity index is 1120. The maximum absolute atomic E-state index is 13.7. The number of benzene rings is 3. The molecule has 2 atom stereocenters. The van der Waals surface area contributed by atoms with Crippen LogP contribution in [0.4, 0.5) is 5.69 Å². The van der Waals surface area contributed by atoms with Gasteiger partial charge in [-0.2, -0.15) is 0 Å². The van der Waals surface area contributed by atoms with Gasteiger partial charge in [0.15, 0.2) is 0 Å². The van der Waals surface area contributed by atoms with Gasteiger partial charge in [0.1, 0.15) is 0 Å². The van der Waals surface area contributed by atoms with E-state index in [2.05, 4.69) is 5.32 Å². The van der Waals surface area contributed by atoms with E-state index in [1.54, 1.807) is 50.4 Å². The molecule has 4 rings (SSSR count). The van der Waals surface area contributed by atoms with Gasteiger partial charge in [-0.05, 0) is 0 Å². The Hall–Kier alpha value is -3.28. The number of nitrogens with one attached hydrogen (secondary N) is 1. The fourth-order valence-electron chi connectivity index (χ4n) is 4.01. The summed E-state index contributed by atoms with van der Waals surface area (Å²) in [5, 5.41) is 2.99. The second kappa shape index (κ2) is 9.69. The van der Waals surface area contributed by atoms with E-state index >= 15 is 0 Å². The van der Waals surface area contributed by atoms with Crippen LogP contribution in [0.25, 0.3) is 0 Å². The van der Waals surface area contributed by atoms with Gasteiger partial charge in [0.05, 0.1) is 0 Å². The Morgan fingerprint density at radius 3 is 2.09 bits per heavy atom. The summed E-state index contributed by atoms with van der Waals surface area (Å²) in [7, 11) is 5.00. The summed E-state index contributed by atoms with van der Waals surface area (Å²) < 4.78 is 10.3. The molecule has 7 heteroatoms. The Morgan fingerprint density at radius 1 is 0.939 bits per heavy atom. The van der Waals surface area contributed by atoms with Gasteiger partial charge in [-0.3, -0.25) is 0 Å². The van der Waals surface area contributed by atoms with E-state index in [1.807, 2.05) is 54.6 Å². The van der Waals surface area contributed by atoms with E-state index in [-0.39, 0.29) is 17.9 Å². The fraction of sp³-hybridized carbons (Fsp3) is 0.231. The fourth-order valence-corrected chi connectivity index (χ4v) is 6.76. The van der Waals surface area contributed by atoms with E-state index in [9.17, 15) is 9.59 Å². The molecule has 0 spiro atoms. The number of hydrogen-bond donors (Lipinski definition) is 1. The molecule has 0 aromatic heterocycles. The number of nitrogens with zero attached hydrogens (tertiary/aromatic N) is 1. The van der Waals surface area contributed by atoms with Crippen molar-refractivity contribution in [1.29, 1.82) is 0 Å². The zero-order valence-electron chi connectivity index (χ0n) is 18.8. The second-order valence-electron chi connectivity index (χ2n) is 7.83. The molecule has 2 amide bonds. The predicted octanol–water partition coefficient (Wildman–Crippen LogP) is 3.43. The van der Waals surface area contributed by atoms with Gasteiger partial charge >= 0.3 is 200 Å². The number of ether oxygens (including phenoxy) is 2. The van der Waals surface area contributed by atoms with Gasteiger partial charge in [-0.25, -0.2) is 0 Å². The monoisotopic (exact) mass is 510 g/mol. The van der Waals surface area contributed by atoms with Crippen LogP contribution in [0.3, 0.4) is 0 Å². The number of carbonyl (C=O) groups is 2. The zero-order chi connectivity index (χ0) is 23.4. The third kappa shape index (κ3) is 4.61. The minimum atomic E-state index is -1.16. The molecule has 1 heterocycles. The predicted molar refractivity (Wildman–Crippen MR) is 129 cm³/mol. The molecule has 1 saturated heterocycles. The van der Waals surface area contributed by atoms with Crippen LogP contribution in [0.5, 0.6) is 11.5 Å². The average molecular weight is 509 g/mol. The molecule has 0 radical (unpaired) electrons. The molecule has 6 nitrogen and oxygen atoms in total. The molecule has 170 valence electrons. The first-order valence-electron chi connectivity index (χ1n) is 10.6. The number of rotatable bonds is 7. The average Bonchev–Trinajstić information content (AvgIpc) is 3.11. The molecule has 0 aliphatic carbocycles. The molecule has 1 fully saturated rings. The number of methoxy groups -OCH3 is 2. The molecular weight excluding hydrogens is 483 g/mol. The van der Waals surface area contributed by atoms with E-state index in [1.165, 1.54) is 0 Å². The molecule has 2 unspecified atom stereocenters. The topological polar surface area (TPSA) is 67.9 Å². The van der Waals surface area contributed by atoms with Crippen LogP contribution in [-0.2, 0) is 9.59 Å². The zero-order valence-corrected chi connectivity index (χ0v) is 20.5. The molecule has 0 saturated carbocycles. The number of carbonyl (C=O) groups excluding carboxylic acids is 2. The first-order chi connectivity index (χ1) is 16.0. The Labute approximate surface area is 200 Å². The van der Waals surface area contributed by atoms with Gasteiger partial charge in [0, 0.05) is 0 Å². The van der Waals surface area contributed by atoms with Gasteiger partial charge in [0.25, 0.3) is 0 Å². The molecule has 33 heavy (non-hydrogen) atoms. The van der Waals surface area contributed by atoms with Crippen molar-refractivity contribution in [3.63, 3.8) is 0 Å². The van der Waals surface area contributed by atoms with Crippen molar-refractivity contribution < 1.29 is 19.1 Å². The molecular formula is C26H26N2O4Se. The Morgan fingerprint density at radius 2 is 1.52 bits per heavy atom. The summed E-state index contributed by atoms with van der Waals surface area (Å²) in [5.41, 5.74) is 1.61. The molecule has 0 bridgehead atoms. The van der Waals surface area contributed by atoms with Gasteiger partial charge < -0.3 is 0 Å². The Balaban J connectivity index is 1.68. The number of anilines is 1. The van der Waals surface area contributed by atoms with E-state index < -0.39 is 19.3 Å². The maximum atomic E-state index is 13.7. The molecule has 3 aromatic carbocycles. The van der Waals surface area contributed by atoms with Crippen molar-refractivity contribution in [3.8, 4) is 11.5 Å². The second-order valence-corrected chi connectivity index (χ2v) is 10.7. The van der Waals surface area contributed by atoms with Gasteiger partial charge in [-0.1, -0.05) is 0 Å². The van der Waals surface area contributed by atoms with E-state index in [0.29, 0.717) is 17.9 Å². The molecule has 1 N–H and O–H groups in total. The summed E-state index contributed by atoms with van der Waals surface area (Å²) >= 11 is -0.405. The van der Waals surface area contributed by atoms with Crippen molar-refractivity contribution in [3.05, 3.63) is 84.4 Å². The summed E-state index contributed by atoms with van der Waals surface area (Å²) in [5.74, 6) is 1.03. The third-order valence-electron chi connectivity index (χ3n) is 5.86. The quantitative estimate of drug-likeness (QED) is 0.392. The minimum absolute atomic E-state index is 0.154. The van der Waals surface area contributed by atoms with Gasteiger partial charge in [-0.15, -0.1) is 0 Å². The van der Waals surface area contributed by atoms with Crippen LogP contribution in [0.2, 0.25) is 4.31 Å². The standard InChI is InChI=1S/C26H26N2O4Se/c1-28-23(18-9-13-20(31-2)14-10-18)17-26(25(28)30,33-22-7-5-4-6-8-22)24(29)27-19-11-15-21(32-3)16-12-19/h4-16,23H,17H2,1-3H3,(H,27,29). The van der Waals surface area contributed by atoms with Crippen LogP contribution in [-0.4, -0.2) is 52.9 Å². The van der Waals surface area contributed by atoms with Crippen molar-refractivity contribution in [2.75, 3.05) is 26.6 Å². The molecule has 3 aromatic rings.